The lowest BCUT2D eigenvalue weighted by Crippen LogP contribution is -1.85. The molecule has 1 N–H and O–H groups in total. The third-order valence-electron chi connectivity index (χ3n) is 2.53. The van der Waals surface area contributed by atoms with Crippen LogP contribution in [0.3, 0.4) is 0 Å². The van der Waals surface area contributed by atoms with Crippen LogP contribution in [0.4, 0.5) is 0 Å². The highest BCUT2D eigenvalue weighted by atomic mass is 16.5. The number of rotatable bonds is 2. The molecule has 0 fully saturated rings. The fraction of sp³-hybridized carbons (Fsp3) is 0.0714. The van der Waals surface area contributed by atoms with Gasteiger partial charge in [0.2, 0.25) is 0 Å². The molecule has 0 saturated heterocycles. The minimum absolute atomic E-state index is 0.190. The third-order valence-corrected chi connectivity index (χ3v) is 2.53. The summed E-state index contributed by atoms with van der Waals surface area (Å²) in [6.07, 6.45) is 0. The van der Waals surface area contributed by atoms with Crippen molar-refractivity contribution in [3.63, 3.8) is 0 Å². The van der Waals surface area contributed by atoms with Crippen molar-refractivity contribution in [1.82, 2.24) is 0 Å². The van der Waals surface area contributed by atoms with Gasteiger partial charge in [-0.1, -0.05) is 12.1 Å². The molecule has 0 aliphatic heterocycles. The zero-order valence-electron chi connectivity index (χ0n) is 9.34. The second kappa shape index (κ2) is 4.58. The molecule has 17 heavy (non-hydrogen) atoms. The lowest BCUT2D eigenvalue weighted by molar-refractivity contribution is 0.412. The standard InChI is InChI=1S/C14H11NO2/c1-17-12-6-7-14(16)13(8-12)11-4-2-10(9-15)3-5-11/h2-8,16H,1H3. The molecular weight excluding hydrogens is 214 g/mol. The van der Waals surface area contributed by atoms with Gasteiger partial charge in [-0.15, -0.1) is 0 Å². The second-order valence-corrected chi connectivity index (χ2v) is 3.57. The Morgan fingerprint density at radius 1 is 1.12 bits per heavy atom. The topological polar surface area (TPSA) is 53.2 Å². The fourth-order valence-corrected chi connectivity index (χ4v) is 1.60. The summed E-state index contributed by atoms with van der Waals surface area (Å²) in [6.45, 7) is 0. The number of ether oxygens (including phenoxy) is 1. The van der Waals surface area contributed by atoms with Gasteiger partial charge in [0.15, 0.2) is 0 Å². The van der Waals surface area contributed by atoms with Gasteiger partial charge in [-0.25, -0.2) is 0 Å². The second-order valence-electron chi connectivity index (χ2n) is 3.57. The van der Waals surface area contributed by atoms with Crippen LogP contribution in [0, 0.1) is 11.3 Å². The van der Waals surface area contributed by atoms with E-state index in [4.69, 9.17) is 10.00 Å². The van der Waals surface area contributed by atoms with Crippen LogP contribution in [0.1, 0.15) is 5.56 Å². The molecule has 3 heteroatoms. The Hall–Kier alpha value is -2.47. The van der Waals surface area contributed by atoms with Gasteiger partial charge in [0.05, 0.1) is 18.7 Å². The van der Waals surface area contributed by atoms with Crippen molar-refractivity contribution in [2.75, 3.05) is 7.11 Å². The zero-order chi connectivity index (χ0) is 12.3. The van der Waals surface area contributed by atoms with Crippen molar-refractivity contribution in [2.24, 2.45) is 0 Å². The summed E-state index contributed by atoms with van der Waals surface area (Å²) in [6, 6.07) is 14.1. The Balaban J connectivity index is 2.48. The number of nitrogens with zero attached hydrogens (tertiary/aromatic N) is 1. The first-order chi connectivity index (χ1) is 8.24. The van der Waals surface area contributed by atoms with Crippen LogP contribution >= 0.6 is 0 Å². The fourth-order valence-electron chi connectivity index (χ4n) is 1.60. The van der Waals surface area contributed by atoms with Crippen LogP contribution in [0.25, 0.3) is 11.1 Å². The number of phenolic OH excluding ortho intramolecular Hbond substituents is 1. The molecule has 0 amide bonds. The van der Waals surface area contributed by atoms with Gasteiger partial charge in [0.1, 0.15) is 11.5 Å². The van der Waals surface area contributed by atoms with Crippen molar-refractivity contribution < 1.29 is 9.84 Å². The van der Waals surface area contributed by atoms with E-state index < -0.39 is 0 Å². The van der Waals surface area contributed by atoms with E-state index in [2.05, 4.69) is 6.07 Å². The molecule has 0 bridgehead atoms. The summed E-state index contributed by atoms with van der Waals surface area (Å²) in [5.74, 6) is 0.873. The average Bonchev–Trinajstić information content (AvgIpc) is 2.39. The Morgan fingerprint density at radius 3 is 2.41 bits per heavy atom. The molecule has 0 aliphatic rings. The van der Waals surface area contributed by atoms with Crippen LogP contribution < -0.4 is 4.74 Å². The van der Waals surface area contributed by atoms with Crippen LogP contribution in [0.15, 0.2) is 42.5 Å². The minimum atomic E-state index is 0.190. The van der Waals surface area contributed by atoms with E-state index in [-0.39, 0.29) is 5.75 Å². The van der Waals surface area contributed by atoms with Gasteiger partial charge in [-0.2, -0.15) is 5.26 Å². The van der Waals surface area contributed by atoms with Crippen LogP contribution in [-0.2, 0) is 0 Å². The molecule has 0 saturated carbocycles. The van der Waals surface area contributed by atoms with E-state index in [1.165, 1.54) is 0 Å². The van der Waals surface area contributed by atoms with Gasteiger partial charge in [-0.05, 0) is 35.9 Å². The van der Waals surface area contributed by atoms with Crippen molar-refractivity contribution in [3.8, 4) is 28.7 Å². The number of methoxy groups -OCH3 is 1. The van der Waals surface area contributed by atoms with Crippen LogP contribution in [0.2, 0.25) is 0 Å². The molecular formula is C14H11NO2. The molecule has 2 aromatic rings. The maximum Gasteiger partial charge on any atom is 0.123 e. The van der Waals surface area contributed by atoms with Crippen LogP contribution in [-0.4, -0.2) is 12.2 Å². The summed E-state index contributed by atoms with van der Waals surface area (Å²) in [5, 5.41) is 18.5. The molecule has 2 rings (SSSR count). The number of hydrogen-bond acceptors (Lipinski definition) is 3. The minimum Gasteiger partial charge on any atom is -0.507 e. The number of hydrogen-bond donors (Lipinski definition) is 1. The van der Waals surface area contributed by atoms with E-state index in [1.54, 1.807) is 49.6 Å². The summed E-state index contributed by atoms with van der Waals surface area (Å²) in [4.78, 5) is 0. The molecule has 2 aromatic carbocycles. The number of nitriles is 1. The first-order valence-electron chi connectivity index (χ1n) is 5.12. The highest BCUT2D eigenvalue weighted by Gasteiger charge is 2.05. The summed E-state index contributed by atoms with van der Waals surface area (Å²) < 4.78 is 5.11. The van der Waals surface area contributed by atoms with Gasteiger partial charge < -0.3 is 9.84 Å². The summed E-state index contributed by atoms with van der Waals surface area (Å²) >= 11 is 0. The first-order valence-corrected chi connectivity index (χ1v) is 5.12. The van der Waals surface area contributed by atoms with Gasteiger partial charge in [0, 0.05) is 5.56 Å². The van der Waals surface area contributed by atoms with Gasteiger partial charge >= 0.3 is 0 Å². The maximum atomic E-state index is 9.79. The van der Waals surface area contributed by atoms with Crippen molar-refractivity contribution in [1.29, 1.82) is 5.26 Å². The molecule has 0 aromatic heterocycles. The van der Waals surface area contributed by atoms with E-state index in [0.717, 1.165) is 5.56 Å². The SMILES string of the molecule is COc1ccc(O)c(-c2ccc(C#N)cc2)c1. The highest BCUT2D eigenvalue weighted by molar-refractivity contribution is 5.72. The van der Waals surface area contributed by atoms with Crippen LogP contribution in [0.5, 0.6) is 11.5 Å². The first kappa shape index (κ1) is 11.0. The maximum absolute atomic E-state index is 9.79. The lowest BCUT2D eigenvalue weighted by atomic mass is 10.0. The summed E-state index contributed by atoms with van der Waals surface area (Å²) in [5.41, 5.74) is 2.13. The smallest absolute Gasteiger partial charge is 0.123 e. The Bertz CT molecular complexity index is 568. The highest BCUT2D eigenvalue weighted by Crippen LogP contribution is 2.32. The van der Waals surface area contributed by atoms with Crippen molar-refractivity contribution in [3.05, 3.63) is 48.0 Å². The Morgan fingerprint density at radius 2 is 1.82 bits per heavy atom. The molecule has 0 spiro atoms. The van der Waals surface area contributed by atoms with E-state index in [9.17, 15) is 5.11 Å². The predicted octanol–water partition coefficient (Wildman–Crippen LogP) is 2.94. The molecule has 0 heterocycles. The molecule has 0 radical (unpaired) electrons. The van der Waals surface area contributed by atoms with E-state index in [0.29, 0.717) is 16.9 Å². The summed E-state index contributed by atoms with van der Waals surface area (Å²) in [7, 11) is 1.58. The number of phenols is 1. The third kappa shape index (κ3) is 2.21. The molecule has 3 nitrogen and oxygen atoms in total. The molecule has 0 atom stereocenters. The number of benzene rings is 2. The van der Waals surface area contributed by atoms with E-state index in [1.807, 2.05) is 0 Å². The molecule has 0 unspecified atom stereocenters. The van der Waals surface area contributed by atoms with E-state index >= 15 is 0 Å². The molecule has 84 valence electrons. The lowest BCUT2D eigenvalue weighted by Gasteiger charge is -2.07. The Labute approximate surface area is 99.5 Å². The monoisotopic (exact) mass is 225 g/mol. The predicted molar refractivity (Wildman–Crippen MR) is 64.8 cm³/mol. The number of aromatic hydroxyl groups is 1. The molecule has 0 aliphatic carbocycles. The normalized spacial score (nSPS) is 9.65. The average molecular weight is 225 g/mol. The Kier molecular flexibility index (Phi) is 2.97. The van der Waals surface area contributed by atoms with Crippen molar-refractivity contribution >= 4 is 0 Å². The van der Waals surface area contributed by atoms with Gasteiger partial charge in [-0.3, -0.25) is 0 Å². The quantitative estimate of drug-likeness (QED) is 0.854. The van der Waals surface area contributed by atoms with Gasteiger partial charge in [0.25, 0.3) is 0 Å². The zero-order valence-corrected chi connectivity index (χ0v) is 9.34. The van der Waals surface area contributed by atoms with Crippen molar-refractivity contribution in [2.45, 2.75) is 0 Å². The largest absolute Gasteiger partial charge is 0.507 e.